The molecule has 3 rings (SSSR count). The van der Waals surface area contributed by atoms with Gasteiger partial charge in [0.2, 0.25) is 0 Å². The van der Waals surface area contributed by atoms with Crippen molar-refractivity contribution >= 4 is 23.3 Å². The van der Waals surface area contributed by atoms with Crippen LogP contribution >= 0.6 is 11.6 Å². The van der Waals surface area contributed by atoms with Crippen molar-refractivity contribution in [3.63, 3.8) is 0 Å². The molecule has 2 atom stereocenters. The number of anilines is 1. The van der Waals surface area contributed by atoms with Crippen LogP contribution in [0.3, 0.4) is 0 Å². The monoisotopic (exact) mass is 380 g/mol. The summed E-state index contributed by atoms with van der Waals surface area (Å²) < 4.78 is 43.1. The van der Waals surface area contributed by atoms with Crippen LogP contribution in [0.2, 0.25) is 5.02 Å². The fraction of sp³-hybridized carbons (Fsp3) is 0.211. The second kappa shape index (κ2) is 6.36. The van der Waals surface area contributed by atoms with Gasteiger partial charge in [0.05, 0.1) is 6.04 Å². The highest BCUT2D eigenvalue weighted by atomic mass is 35.5. The van der Waals surface area contributed by atoms with Crippen molar-refractivity contribution < 1.29 is 18.0 Å². The first-order valence-corrected chi connectivity index (χ1v) is 8.26. The average Bonchev–Trinajstić information content (AvgIpc) is 2.60. The molecular formula is C19H16ClF3N2O. The van der Waals surface area contributed by atoms with Crippen molar-refractivity contribution in [1.82, 2.24) is 4.90 Å². The Morgan fingerprint density at radius 3 is 2.46 bits per heavy atom. The summed E-state index contributed by atoms with van der Waals surface area (Å²) in [6, 6.07) is 10.8. The average molecular weight is 381 g/mol. The van der Waals surface area contributed by atoms with Crippen LogP contribution < -0.4 is 5.32 Å². The summed E-state index contributed by atoms with van der Waals surface area (Å²) in [4.78, 5) is 13.5. The van der Waals surface area contributed by atoms with E-state index in [9.17, 15) is 18.0 Å². The van der Waals surface area contributed by atoms with Gasteiger partial charge in [-0.1, -0.05) is 48.0 Å². The minimum atomic E-state index is -4.80. The highest BCUT2D eigenvalue weighted by molar-refractivity contribution is 6.30. The lowest BCUT2D eigenvalue weighted by Crippen LogP contribution is -2.61. The van der Waals surface area contributed by atoms with E-state index in [2.05, 4.69) is 11.9 Å². The van der Waals surface area contributed by atoms with Crippen LogP contribution in [0.25, 0.3) is 0 Å². The SMILES string of the molecule is C=C[C@@]1(C(F)(F)F)c2cc(Cl)ccc2NC(=O)N1[C@H](C)c1ccccc1. The molecule has 3 nitrogen and oxygen atoms in total. The van der Waals surface area contributed by atoms with E-state index in [1.165, 1.54) is 18.2 Å². The molecule has 0 aliphatic carbocycles. The smallest absolute Gasteiger partial charge is 0.307 e. The Morgan fingerprint density at radius 2 is 1.88 bits per heavy atom. The Balaban J connectivity index is 2.28. The van der Waals surface area contributed by atoms with Crippen LogP contribution in [0.1, 0.15) is 24.1 Å². The van der Waals surface area contributed by atoms with Gasteiger partial charge in [0.25, 0.3) is 0 Å². The number of benzene rings is 2. The fourth-order valence-electron chi connectivity index (χ4n) is 3.38. The minimum Gasteiger partial charge on any atom is -0.307 e. The maximum Gasteiger partial charge on any atom is 0.419 e. The molecule has 26 heavy (non-hydrogen) atoms. The first-order chi connectivity index (χ1) is 12.2. The Labute approximate surface area is 154 Å². The molecule has 136 valence electrons. The van der Waals surface area contributed by atoms with E-state index < -0.39 is 23.8 Å². The molecule has 0 unspecified atom stereocenters. The van der Waals surface area contributed by atoms with E-state index in [0.29, 0.717) is 5.56 Å². The van der Waals surface area contributed by atoms with Gasteiger partial charge in [-0.2, -0.15) is 13.2 Å². The number of nitrogens with one attached hydrogen (secondary N) is 1. The number of hydrogen-bond donors (Lipinski definition) is 1. The maximum atomic E-state index is 14.4. The molecule has 0 fully saturated rings. The summed E-state index contributed by atoms with van der Waals surface area (Å²) in [6.07, 6.45) is -4.03. The molecule has 0 bridgehead atoms. The van der Waals surface area contributed by atoms with Crippen LogP contribution in [0.5, 0.6) is 0 Å². The summed E-state index contributed by atoms with van der Waals surface area (Å²) in [5.41, 5.74) is -2.23. The third-order valence-electron chi connectivity index (χ3n) is 4.63. The van der Waals surface area contributed by atoms with Gasteiger partial charge in [-0.05, 0) is 30.7 Å². The number of urea groups is 1. The summed E-state index contributed by atoms with van der Waals surface area (Å²) in [5.74, 6) is 0. The minimum absolute atomic E-state index is 0.0631. The van der Waals surface area contributed by atoms with Crippen LogP contribution in [-0.4, -0.2) is 17.1 Å². The second-order valence-corrected chi connectivity index (χ2v) is 6.48. The third kappa shape index (κ3) is 2.65. The largest absolute Gasteiger partial charge is 0.419 e. The van der Waals surface area contributed by atoms with Crippen LogP contribution in [0, 0.1) is 0 Å². The number of fused-ring (bicyclic) bond motifs is 1. The van der Waals surface area contributed by atoms with E-state index in [1.807, 2.05) is 0 Å². The summed E-state index contributed by atoms with van der Waals surface area (Å²) in [7, 11) is 0. The third-order valence-corrected chi connectivity index (χ3v) is 4.86. The van der Waals surface area contributed by atoms with Crippen molar-refractivity contribution in [2.45, 2.75) is 24.7 Å². The molecule has 0 saturated heterocycles. The number of alkyl halides is 3. The molecular weight excluding hydrogens is 365 g/mol. The molecule has 2 amide bonds. The number of nitrogens with zero attached hydrogens (tertiary/aromatic N) is 1. The summed E-state index contributed by atoms with van der Waals surface area (Å²) in [5, 5.41) is 2.67. The molecule has 0 radical (unpaired) electrons. The first-order valence-electron chi connectivity index (χ1n) is 7.88. The van der Waals surface area contributed by atoms with Crippen LogP contribution in [0.4, 0.5) is 23.7 Å². The van der Waals surface area contributed by atoms with Gasteiger partial charge < -0.3 is 5.32 Å². The van der Waals surface area contributed by atoms with Crippen molar-refractivity contribution in [2.75, 3.05) is 5.32 Å². The number of amides is 2. The lowest BCUT2D eigenvalue weighted by molar-refractivity contribution is -0.215. The van der Waals surface area contributed by atoms with E-state index >= 15 is 0 Å². The molecule has 1 aliphatic heterocycles. The van der Waals surface area contributed by atoms with Gasteiger partial charge in [-0.25, -0.2) is 4.79 Å². The van der Waals surface area contributed by atoms with Gasteiger partial charge in [0.1, 0.15) is 0 Å². The lowest BCUT2D eigenvalue weighted by atomic mass is 9.82. The molecule has 0 saturated carbocycles. The summed E-state index contributed by atoms with van der Waals surface area (Å²) in [6.45, 7) is 4.98. The normalized spacial score (nSPS) is 21.0. The Bertz CT molecular complexity index is 854. The van der Waals surface area contributed by atoms with Gasteiger partial charge in [-0.15, -0.1) is 6.58 Å². The molecule has 2 aromatic carbocycles. The molecule has 0 aromatic heterocycles. The lowest BCUT2D eigenvalue weighted by Gasteiger charge is -2.49. The zero-order valence-corrected chi connectivity index (χ0v) is 14.6. The molecule has 0 spiro atoms. The second-order valence-electron chi connectivity index (χ2n) is 6.04. The predicted molar refractivity (Wildman–Crippen MR) is 95.1 cm³/mol. The molecule has 1 heterocycles. The Morgan fingerprint density at radius 1 is 1.23 bits per heavy atom. The molecule has 7 heteroatoms. The van der Waals surface area contributed by atoms with Gasteiger partial charge in [-0.3, -0.25) is 4.90 Å². The van der Waals surface area contributed by atoms with Crippen molar-refractivity contribution in [3.8, 4) is 0 Å². The zero-order valence-electron chi connectivity index (χ0n) is 13.8. The van der Waals surface area contributed by atoms with E-state index in [0.717, 1.165) is 11.0 Å². The summed E-state index contributed by atoms with van der Waals surface area (Å²) >= 11 is 5.96. The van der Waals surface area contributed by atoms with Crippen molar-refractivity contribution in [3.05, 3.63) is 77.3 Å². The number of rotatable bonds is 3. The van der Waals surface area contributed by atoms with E-state index in [4.69, 9.17) is 11.6 Å². The van der Waals surface area contributed by atoms with Crippen LogP contribution in [-0.2, 0) is 5.54 Å². The highest BCUT2D eigenvalue weighted by Gasteiger charge is 2.63. The first kappa shape index (κ1) is 18.3. The molecule has 2 aromatic rings. The Hall–Kier alpha value is -2.47. The molecule has 1 aliphatic rings. The zero-order chi connectivity index (χ0) is 19.1. The van der Waals surface area contributed by atoms with Gasteiger partial charge >= 0.3 is 12.2 Å². The van der Waals surface area contributed by atoms with Crippen molar-refractivity contribution in [2.24, 2.45) is 0 Å². The highest BCUT2D eigenvalue weighted by Crippen LogP contribution is 2.53. The number of halogens is 4. The topological polar surface area (TPSA) is 32.3 Å². The van der Waals surface area contributed by atoms with Crippen molar-refractivity contribution in [1.29, 1.82) is 0 Å². The fourth-order valence-corrected chi connectivity index (χ4v) is 3.55. The van der Waals surface area contributed by atoms with E-state index in [1.54, 1.807) is 37.3 Å². The number of carbonyl (C=O) groups excluding carboxylic acids is 1. The Kier molecular flexibility index (Phi) is 4.48. The predicted octanol–water partition coefficient (Wildman–Crippen LogP) is 5.89. The number of hydrogen-bond acceptors (Lipinski definition) is 1. The van der Waals surface area contributed by atoms with Gasteiger partial charge in [0.15, 0.2) is 5.54 Å². The number of carbonyl (C=O) groups is 1. The maximum absolute atomic E-state index is 14.4. The quantitative estimate of drug-likeness (QED) is 0.661. The molecule has 1 N–H and O–H groups in total. The standard InChI is InChI=1S/C19H16ClF3N2O/c1-3-18(19(21,22)23)15-11-14(20)9-10-16(15)24-17(26)25(18)12(2)13-7-5-4-6-8-13/h3-12H,1H2,2H3,(H,24,26)/t12-,18+/m1/s1. The van der Waals surface area contributed by atoms with Gasteiger partial charge in [0, 0.05) is 16.3 Å². The van der Waals surface area contributed by atoms with Crippen LogP contribution in [0.15, 0.2) is 61.2 Å². The van der Waals surface area contributed by atoms with E-state index in [-0.39, 0.29) is 16.3 Å².